The fourth-order valence-electron chi connectivity index (χ4n) is 2.13. The number of rotatable bonds is 4. The standard InChI is InChI=1S/C12H17Cl2N5O2/c1-2-16-12(20)9-6-21-4-3-19(9)11-8(14)5-7(13)10(17-11)18-15/h5,9H,2-4,6,15H2,1H3,(H,16,20)(H,17,18). The van der Waals surface area contributed by atoms with Crippen molar-refractivity contribution in [3.63, 3.8) is 0 Å². The van der Waals surface area contributed by atoms with Crippen LogP contribution in [0.1, 0.15) is 6.92 Å². The molecule has 1 aliphatic rings. The van der Waals surface area contributed by atoms with Gasteiger partial charge < -0.3 is 20.4 Å². The third-order valence-corrected chi connectivity index (χ3v) is 3.67. The van der Waals surface area contributed by atoms with Crippen LogP contribution in [0.5, 0.6) is 0 Å². The Morgan fingerprint density at radius 1 is 1.57 bits per heavy atom. The molecule has 9 heteroatoms. The van der Waals surface area contributed by atoms with Gasteiger partial charge in [-0.15, -0.1) is 0 Å². The highest BCUT2D eigenvalue weighted by molar-refractivity contribution is 6.37. The summed E-state index contributed by atoms with van der Waals surface area (Å²) >= 11 is 12.2. The van der Waals surface area contributed by atoms with Crippen LogP contribution < -0.4 is 21.5 Å². The molecule has 21 heavy (non-hydrogen) atoms. The molecular formula is C12H17Cl2N5O2. The normalized spacial score (nSPS) is 18.5. The van der Waals surface area contributed by atoms with Crippen molar-refractivity contribution in [1.29, 1.82) is 0 Å². The maximum atomic E-state index is 12.1. The molecule has 2 rings (SSSR count). The van der Waals surface area contributed by atoms with Crippen LogP contribution in [0.15, 0.2) is 6.07 Å². The van der Waals surface area contributed by atoms with E-state index in [-0.39, 0.29) is 12.5 Å². The summed E-state index contributed by atoms with van der Waals surface area (Å²) in [6.45, 7) is 3.66. The van der Waals surface area contributed by atoms with E-state index in [1.807, 2.05) is 6.92 Å². The Morgan fingerprint density at radius 2 is 2.33 bits per heavy atom. The number of nitrogen functional groups attached to an aromatic ring is 1. The monoisotopic (exact) mass is 333 g/mol. The van der Waals surface area contributed by atoms with Crippen LogP contribution in [0, 0.1) is 0 Å². The number of ether oxygens (including phenoxy) is 1. The van der Waals surface area contributed by atoms with Crippen LogP contribution in [0.3, 0.4) is 0 Å². The predicted octanol–water partition coefficient (Wildman–Crippen LogP) is 1.02. The molecule has 116 valence electrons. The van der Waals surface area contributed by atoms with E-state index in [2.05, 4.69) is 15.7 Å². The van der Waals surface area contributed by atoms with Gasteiger partial charge in [0.05, 0.1) is 23.3 Å². The molecule has 1 aliphatic heterocycles. The summed E-state index contributed by atoms with van der Waals surface area (Å²) in [6, 6.07) is 1.06. The molecule has 0 spiro atoms. The number of nitrogens with zero attached hydrogens (tertiary/aromatic N) is 2. The number of nitrogens with two attached hydrogens (primary N) is 1. The second-order valence-electron chi connectivity index (χ2n) is 4.45. The maximum absolute atomic E-state index is 12.1. The minimum atomic E-state index is -0.490. The molecule has 1 saturated heterocycles. The van der Waals surface area contributed by atoms with Crippen LogP contribution in [0.25, 0.3) is 0 Å². The van der Waals surface area contributed by atoms with Crippen LogP contribution in [0.4, 0.5) is 11.6 Å². The van der Waals surface area contributed by atoms with E-state index in [0.717, 1.165) is 0 Å². The molecule has 1 fully saturated rings. The first-order valence-corrected chi connectivity index (χ1v) is 7.28. The number of carbonyl (C=O) groups is 1. The van der Waals surface area contributed by atoms with Gasteiger partial charge >= 0.3 is 0 Å². The van der Waals surface area contributed by atoms with Crippen molar-refractivity contribution in [2.75, 3.05) is 36.6 Å². The lowest BCUT2D eigenvalue weighted by atomic mass is 10.2. The third kappa shape index (κ3) is 3.49. The fourth-order valence-corrected chi connectivity index (χ4v) is 2.65. The van der Waals surface area contributed by atoms with Gasteiger partial charge in [0.2, 0.25) is 5.91 Å². The number of pyridine rings is 1. The molecule has 0 bridgehead atoms. The number of nitrogens with one attached hydrogen (secondary N) is 2. The molecule has 2 heterocycles. The smallest absolute Gasteiger partial charge is 0.245 e. The summed E-state index contributed by atoms with van der Waals surface area (Å²) in [5, 5.41) is 3.45. The zero-order valence-corrected chi connectivity index (χ0v) is 13.0. The number of morpholine rings is 1. The first-order valence-electron chi connectivity index (χ1n) is 6.53. The van der Waals surface area contributed by atoms with Crippen molar-refractivity contribution in [2.24, 2.45) is 5.84 Å². The number of aromatic nitrogens is 1. The van der Waals surface area contributed by atoms with E-state index >= 15 is 0 Å². The van der Waals surface area contributed by atoms with Gasteiger partial charge in [-0.25, -0.2) is 10.8 Å². The van der Waals surface area contributed by atoms with Crippen LogP contribution in [0.2, 0.25) is 10.0 Å². The van der Waals surface area contributed by atoms with Gasteiger partial charge in [-0.05, 0) is 13.0 Å². The van der Waals surface area contributed by atoms with Crippen molar-refractivity contribution >= 4 is 40.7 Å². The summed E-state index contributed by atoms with van der Waals surface area (Å²) in [7, 11) is 0. The van der Waals surface area contributed by atoms with Crippen LogP contribution in [-0.2, 0) is 9.53 Å². The number of carbonyl (C=O) groups excluding carboxylic acids is 1. The highest BCUT2D eigenvalue weighted by atomic mass is 35.5. The highest BCUT2D eigenvalue weighted by Crippen LogP contribution is 2.32. The third-order valence-electron chi connectivity index (χ3n) is 3.10. The Labute approximate surface area is 132 Å². The largest absolute Gasteiger partial charge is 0.377 e. The van der Waals surface area contributed by atoms with Gasteiger partial charge in [0.25, 0.3) is 0 Å². The quantitative estimate of drug-likeness (QED) is 0.562. The summed E-state index contributed by atoms with van der Waals surface area (Å²) in [4.78, 5) is 18.2. The van der Waals surface area contributed by atoms with Crippen molar-refractivity contribution in [3.05, 3.63) is 16.1 Å². The van der Waals surface area contributed by atoms with Crippen molar-refractivity contribution in [1.82, 2.24) is 10.3 Å². The summed E-state index contributed by atoms with van der Waals surface area (Å²) < 4.78 is 5.38. The molecule has 1 unspecified atom stereocenters. The van der Waals surface area contributed by atoms with Gasteiger partial charge in [-0.1, -0.05) is 23.2 Å². The Kier molecular flexibility index (Phi) is 5.46. The summed E-state index contributed by atoms with van der Waals surface area (Å²) in [6.07, 6.45) is 0. The van der Waals surface area contributed by atoms with Gasteiger partial charge in [-0.2, -0.15) is 0 Å². The molecule has 1 aromatic rings. The average Bonchev–Trinajstić information content (AvgIpc) is 2.48. The number of hydrogen-bond acceptors (Lipinski definition) is 6. The molecule has 0 radical (unpaired) electrons. The minimum Gasteiger partial charge on any atom is -0.377 e. The first kappa shape index (κ1) is 16.1. The second-order valence-corrected chi connectivity index (χ2v) is 5.26. The molecule has 1 amide bonds. The van der Waals surface area contributed by atoms with Crippen molar-refractivity contribution < 1.29 is 9.53 Å². The number of halogens is 2. The van der Waals surface area contributed by atoms with Crippen LogP contribution >= 0.6 is 23.2 Å². The first-order chi connectivity index (χ1) is 10.1. The number of anilines is 2. The molecule has 0 aliphatic carbocycles. The Hall–Kier alpha value is -1.28. The van der Waals surface area contributed by atoms with E-state index in [0.29, 0.717) is 41.4 Å². The highest BCUT2D eigenvalue weighted by Gasteiger charge is 2.31. The number of hydrazine groups is 1. The SMILES string of the molecule is CCNC(=O)C1COCCN1c1nc(NN)c(Cl)cc1Cl. The lowest BCUT2D eigenvalue weighted by molar-refractivity contribution is -0.124. The molecule has 7 nitrogen and oxygen atoms in total. The second kappa shape index (κ2) is 7.13. The zero-order valence-electron chi connectivity index (χ0n) is 11.5. The van der Waals surface area contributed by atoms with Crippen molar-refractivity contribution in [3.8, 4) is 0 Å². The van der Waals surface area contributed by atoms with E-state index < -0.39 is 6.04 Å². The molecule has 0 saturated carbocycles. The molecule has 1 atom stereocenters. The van der Waals surface area contributed by atoms with Crippen molar-refractivity contribution in [2.45, 2.75) is 13.0 Å². The summed E-state index contributed by atoms with van der Waals surface area (Å²) in [5.41, 5.74) is 2.41. The lowest BCUT2D eigenvalue weighted by Gasteiger charge is -2.36. The molecule has 1 aromatic heterocycles. The van der Waals surface area contributed by atoms with Crippen LogP contribution in [-0.4, -0.2) is 43.2 Å². The van der Waals surface area contributed by atoms with E-state index in [1.165, 1.54) is 0 Å². The Morgan fingerprint density at radius 3 is 3.00 bits per heavy atom. The topological polar surface area (TPSA) is 92.5 Å². The minimum absolute atomic E-state index is 0.132. The van der Waals surface area contributed by atoms with Gasteiger partial charge in [0.15, 0.2) is 11.6 Å². The number of hydrogen-bond donors (Lipinski definition) is 3. The van der Waals surface area contributed by atoms with E-state index in [4.69, 9.17) is 33.8 Å². The number of amides is 1. The zero-order chi connectivity index (χ0) is 15.4. The van der Waals surface area contributed by atoms with E-state index in [9.17, 15) is 4.79 Å². The molecule has 4 N–H and O–H groups in total. The maximum Gasteiger partial charge on any atom is 0.245 e. The van der Waals surface area contributed by atoms with Gasteiger partial charge in [0, 0.05) is 13.1 Å². The number of likely N-dealkylation sites (N-methyl/N-ethyl adjacent to an activating group) is 1. The lowest BCUT2D eigenvalue weighted by Crippen LogP contribution is -2.54. The fraction of sp³-hybridized carbons (Fsp3) is 0.500. The molecular weight excluding hydrogens is 317 g/mol. The molecule has 0 aromatic carbocycles. The van der Waals surface area contributed by atoms with E-state index in [1.54, 1.807) is 11.0 Å². The summed E-state index contributed by atoms with van der Waals surface area (Å²) in [5.74, 6) is 6.00. The Bertz CT molecular complexity index is 529. The van der Waals surface area contributed by atoms with Gasteiger partial charge in [0.1, 0.15) is 6.04 Å². The Balaban J connectivity index is 2.35. The predicted molar refractivity (Wildman–Crippen MR) is 82.7 cm³/mol. The average molecular weight is 334 g/mol. The van der Waals surface area contributed by atoms with Gasteiger partial charge in [-0.3, -0.25) is 4.79 Å².